The van der Waals surface area contributed by atoms with Gasteiger partial charge in [-0.05, 0) is 56.3 Å². The molecule has 0 aliphatic heterocycles. The predicted octanol–water partition coefficient (Wildman–Crippen LogP) is 3.74. The van der Waals surface area contributed by atoms with Gasteiger partial charge in [0.15, 0.2) is 11.5 Å². The number of carbonyl (C=O) groups excluding carboxylic acids is 1. The summed E-state index contributed by atoms with van der Waals surface area (Å²) < 4.78 is 23.5. The topological polar surface area (TPSA) is 127 Å². The van der Waals surface area contributed by atoms with Crippen molar-refractivity contribution in [3.63, 3.8) is 0 Å². The number of aromatic nitrogens is 4. The molecule has 0 fully saturated rings. The fourth-order valence-electron chi connectivity index (χ4n) is 4.27. The Morgan fingerprint density at radius 3 is 2.50 bits per heavy atom. The molecule has 0 spiro atoms. The minimum absolute atomic E-state index is 0.0612. The molecule has 11 nitrogen and oxygen atoms in total. The first-order chi connectivity index (χ1) is 20.3. The third-order valence-corrected chi connectivity index (χ3v) is 6.29. The summed E-state index contributed by atoms with van der Waals surface area (Å²) in [5.74, 6) is 1.80. The number of hydrogen-bond donors (Lipinski definition) is 1. The number of carbonyl (C=O) groups is 1. The normalized spacial score (nSPS) is 10.8. The SMILES string of the molecule is [B]c1cc(NC(=O)c2ccc(C)n(-c3ccc(OCC)cn3)c2=O)ccc1Oc1ccnc2cc(OC)c(OC)nc12. The lowest BCUT2D eigenvalue weighted by Crippen LogP contribution is -2.30. The second-order valence-corrected chi connectivity index (χ2v) is 9.00. The summed E-state index contributed by atoms with van der Waals surface area (Å²) in [7, 11) is 9.27. The minimum atomic E-state index is -0.599. The van der Waals surface area contributed by atoms with Crippen LogP contribution in [0.25, 0.3) is 16.9 Å². The molecule has 0 saturated heterocycles. The molecule has 0 saturated carbocycles. The summed E-state index contributed by atoms with van der Waals surface area (Å²) in [5, 5.41) is 2.73. The van der Waals surface area contributed by atoms with Gasteiger partial charge in [-0.3, -0.25) is 19.1 Å². The Morgan fingerprint density at radius 1 is 0.976 bits per heavy atom. The van der Waals surface area contributed by atoms with E-state index in [-0.39, 0.29) is 16.9 Å². The van der Waals surface area contributed by atoms with Crippen molar-refractivity contribution in [2.75, 3.05) is 26.1 Å². The van der Waals surface area contributed by atoms with Gasteiger partial charge in [-0.2, -0.15) is 0 Å². The molecule has 0 atom stereocenters. The number of amides is 1. The molecule has 0 unspecified atom stereocenters. The number of ether oxygens (including phenoxy) is 4. The molecule has 1 amide bonds. The Morgan fingerprint density at radius 2 is 1.81 bits per heavy atom. The zero-order chi connectivity index (χ0) is 29.8. The van der Waals surface area contributed by atoms with Gasteiger partial charge in [0.05, 0.1) is 32.5 Å². The van der Waals surface area contributed by atoms with E-state index < -0.39 is 11.5 Å². The van der Waals surface area contributed by atoms with Gasteiger partial charge in [0.2, 0.25) is 0 Å². The van der Waals surface area contributed by atoms with Gasteiger partial charge < -0.3 is 24.3 Å². The highest BCUT2D eigenvalue weighted by Crippen LogP contribution is 2.33. The zero-order valence-electron chi connectivity index (χ0n) is 23.4. The van der Waals surface area contributed by atoms with E-state index in [0.717, 1.165) is 0 Å². The van der Waals surface area contributed by atoms with E-state index in [1.165, 1.54) is 37.1 Å². The maximum atomic E-state index is 13.3. The van der Waals surface area contributed by atoms with Gasteiger partial charge in [0.25, 0.3) is 17.3 Å². The molecule has 5 rings (SSSR count). The molecule has 42 heavy (non-hydrogen) atoms. The van der Waals surface area contributed by atoms with E-state index in [1.54, 1.807) is 55.6 Å². The third kappa shape index (κ3) is 5.59. The average Bonchev–Trinajstić information content (AvgIpc) is 2.99. The Labute approximate surface area is 242 Å². The standard InChI is InChI=1S/C30H26BN5O6/c1-5-41-19-8-11-26(33-16-19)36-17(2)6-9-20(30(36)38)28(37)34-18-7-10-23(21(31)14-18)42-24-12-13-32-22-15-25(39-3)29(40-4)35-27(22)24/h6-16H,5H2,1-4H3,(H,34,37). The van der Waals surface area contributed by atoms with Crippen LogP contribution in [-0.2, 0) is 0 Å². The molecule has 2 radical (unpaired) electrons. The Hall–Kier alpha value is -5.39. The lowest BCUT2D eigenvalue weighted by Gasteiger charge is -2.14. The highest BCUT2D eigenvalue weighted by atomic mass is 16.5. The molecule has 4 heterocycles. The molecule has 5 aromatic rings. The average molecular weight is 563 g/mol. The van der Waals surface area contributed by atoms with Gasteiger partial charge >= 0.3 is 0 Å². The van der Waals surface area contributed by atoms with Crippen LogP contribution in [0.2, 0.25) is 0 Å². The number of nitrogens with one attached hydrogen (secondary N) is 1. The number of aryl methyl sites for hydroxylation is 1. The van der Waals surface area contributed by atoms with Crippen molar-refractivity contribution in [2.45, 2.75) is 13.8 Å². The van der Waals surface area contributed by atoms with E-state index in [4.69, 9.17) is 26.8 Å². The predicted molar refractivity (Wildman–Crippen MR) is 158 cm³/mol. The fourth-order valence-corrected chi connectivity index (χ4v) is 4.27. The maximum Gasteiger partial charge on any atom is 0.269 e. The first-order valence-corrected chi connectivity index (χ1v) is 12.9. The first kappa shape index (κ1) is 28.2. The Bertz CT molecular complexity index is 1840. The smallest absolute Gasteiger partial charge is 0.269 e. The zero-order valence-corrected chi connectivity index (χ0v) is 23.4. The summed E-state index contributed by atoms with van der Waals surface area (Å²) in [5.41, 5.74) is 1.66. The molecule has 12 heteroatoms. The number of benzene rings is 1. The number of methoxy groups -OCH3 is 2. The van der Waals surface area contributed by atoms with E-state index in [0.29, 0.717) is 57.8 Å². The summed E-state index contributed by atoms with van der Waals surface area (Å²) in [4.78, 5) is 39.6. The highest BCUT2D eigenvalue weighted by Gasteiger charge is 2.17. The Balaban J connectivity index is 1.38. The molecule has 0 aliphatic carbocycles. The van der Waals surface area contributed by atoms with Gasteiger partial charge in [-0.25, -0.2) is 9.97 Å². The van der Waals surface area contributed by atoms with Crippen LogP contribution in [0.15, 0.2) is 71.8 Å². The number of fused-ring (bicyclic) bond motifs is 1. The van der Waals surface area contributed by atoms with Crippen molar-refractivity contribution in [1.29, 1.82) is 0 Å². The van der Waals surface area contributed by atoms with Gasteiger partial charge in [-0.1, -0.05) is 5.46 Å². The van der Waals surface area contributed by atoms with Gasteiger partial charge in [-0.15, -0.1) is 0 Å². The lowest BCUT2D eigenvalue weighted by molar-refractivity contribution is 0.102. The summed E-state index contributed by atoms with van der Waals surface area (Å²) in [6.45, 7) is 4.12. The van der Waals surface area contributed by atoms with Crippen LogP contribution in [-0.4, -0.2) is 54.1 Å². The van der Waals surface area contributed by atoms with E-state index in [2.05, 4.69) is 20.3 Å². The Kier molecular flexibility index (Phi) is 8.05. The van der Waals surface area contributed by atoms with Crippen LogP contribution in [0.1, 0.15) is 23.0 Å². The largest absolute Gasteiger partial charge is 0.492 e. The highest BCUT2D eigenvalue weighted by molar-refractivity contribution is 6.34. The van der Waals surface area contributed by atoms with Crippen LogP contribution >= 0.6 is 0 Å². The summed E-state index contributed by atoms with van der Waals surface area (Å²) >= 11 is 0. The second-order valence-electron chi connectivity index (χ2n) is 9.00. The van der Waals surface area contributed by atoms with Gasteiger partial charge in [0, 0.05) is 29.7 Å². The summed E-state index contributed by atoms with van der Waals surface area (Å²) in [6, 6.07) is 14.6. The number of pyridine rings is 4. The van der Waals surface area contributed by atoms with Crippen LogP contribution in [0.4, 0.5) is 5.69 Å². The second kappa shape index (κ2) is 12.0. The molecule has 1 aromatic carbocycles. The molecule has 210 valence electrons. The number of nitrogens with zero attached hydrogens (tertiary/aromatic N) is 4. The van der Waals surface area contributed by atoms with E-state index in [1.807, 2.05) is 6.92 Å². The van der Waals surface area contributed by atoms with Crippen molar-refractivity contribution in [1.82, 2.24) is 19.5 Å². The lowest BCUT2D eigenvalue weighted by atomic mass is 9.94. The van der Waals surface area contributed by atoms with Crippen molar-refractivity contribution in [2.24, 2.45) is 0 Å². The third-order valence-electron chi connectivity index (χ3n) is 6.29. The van der Waals surface area contributed by atoms with E-state index in [9.17, 15) is 9.59 Å². The van der Waals surface area contributed by atoms with Crippen molar-refractivity contribution < 1.29 is 23.7 Å². The molecular weight excluding hydrogens is 537 g/mol. The number of rotatable bonds is 9. The number of hydrogen-bond acceptors (Lipinski definition) is 9. The van der Waals surface area contributed by atoms with Crippen molar-refractivity contribution >= 4 is 35.9 Å². The fraction of sp³-hybridized carbons (Fsp3) is 0.167. The first-order valence-electron chi connectivity index (χ1n) is 12.9. The van der Waals surface area contributed by atoms with Crippen LogP contribution in [0, 0.1) is 6.92 Å². The number of anilines is 1. The molecule has 4 aromatic heterocycles. The van der Waals surface area contributed by atoms with Crippen LogP contribution in [0.5, 0.6) is 28.9 Å². The molecule has 0 bridgehead atoms. The molecule has 1 N–H and O–H groups in total. The molecule has 0 aliphatic rings. The quantitative estimate of drug-likeness (QED) is 0.267. The minimum Gasteiger partial charge on any atom is -0.492 e. The summed E-state index contributed by atoms with van der Waals surface area (Å²) in [6.07, 6.45) is 3.11. The van der Waals surface area contributed by atoms with Crippen LogP contribution < -0.4 is 35.3 Å². The van der Waals surface area contributed by atoms with Gasteiger partial charge in [0.1, 0.15) is 36.2 Å². The molecular formula is C30H26BN5O6. The maximum absolute atomic E-state index is 13.3. The van der Waals surface area contributed by atoms with Crippen LogP contribution in [0.3, 0.4) is 0 Å². The monoisotopic (exact) mass is 563 g/mol. The van der Waals surface area contributed by atoms with E-state index >= 15 is 0 Å². The van der Waals surface area contributed by atoms with Crippen molar-refractivity contribution in [3.8, 4) is 34.7 Å². The van der Waals surface area contributed by atoms with Crippen molar-refractivity contribution in [3.05, 3.63) is 88.6 Å².